The summed E-state index contributed by atoms with van der Waals surface area (Å²) in [6.07, 6.45) is 4.47. The van der Waals surface area contributed by atoms with Crippen LogP contribution in [0.15, 0.2) is 0 Å². The zero-order valence-electron chi connectivity index (χ0n) is 6.39. The molecule has 0 heterocycles. The summed E-state index contributed by atoms with van der Waals surface area (Å²) in [6.45, 7) is 5.44. The topological polar surface area (TPSA) is 9.23 Å². The lowest BCUT2D eigenvalue weighted by atomic mass is 10.1. The molecule has 0 unspecified atom stereocenters. The van der Waals surface area contributed by atoms with Gasteiger partial charge in [0.15, 0.2) is 0 Å². The molecule has 0 aromatic rings. The standard InChI is InChI=1S/C8H16O/c1-7(2)5-6-9-8-3-4-8/h7-8H,3-6H2,1-2H3. The maximum Gasteiger partial charge on any atom is 0.0577 e. The molecule has 1 nitrogen and oxygen atoms in total. The summed E-state index contributed by atoms with van der Waals surface area (Å²) in [5.74, 6) is 0.795. The quantitative estimate of drug-likeness (QED) is 0.564. The highest BCUT2D eigenvalue weighted by Gasteiger charge is 2.21. The van der Waals surface area contributed by atoms with Crippen LogP contribution < -0.4 is 0 Å². The molecule has 0 bridgehead atoms. The highest BCUT2D eigenvalue weighted by molar-refractivity contribution is 4.72. The van der Waals surface area contributed by atoms with Crippen molar-refractivity contribution in [3.8, 4) is 0 Å². The lowest BCUT2D eigenvalue weighted by Crippen LogP contribution is -1.99. The van der Waals surface area contributed by atoms with Crippen molar-refractivity contribution < 1.29 is 4.74 Å². The van der Waals surface area contributed by atoms with Crippen molar-refractivity contribution in [1.82, 2.24) is 0 Å². The van der Waals surface area contributed by atoms with Crippen LogP contribution in [0.1, 0.15) is 33.1 Å². The van der Waals surface area contributed by atoms with Gasteiger partial charge in [0.25, 0.3) is 0 Å². The van der Waals surface area contributed by atoms with Gasteiger partial charge in [0, 0.05) is 6.61 Å². The zero-order chi connectivity index (χ0) is 6.69. The van der Waals surface area contributed by atoms with E-state index >= 15 is 0 Å². The Kier molecular flexibility index (Phi) is 2.52. The molecule has 1 fully saturated rings. The van der Waals surface area contributed by atoms with Gasteiger partial charge in [0.05, 0.1) is 6.10 Å². The molecule has 0 aromatic heterocycles. The monoisotopic (exact) mass is 128 g/mol. The Labute approximate surface area is 57.4 Å². The van der Waals surface area contributed by atoms with Crippen LogP contribution >= 0.6 is 0 Å². The lowest BCUT2D eigenvalue weighted by Gasteiger charge is -2.03. The summed E-state index contributed by atoms with van der Waals surface area (Å²) in [5.41, 5.74) is 0. The highest BCUT2D eigenvalue weighted by atomic mass is 16.5. The minimum atomic E-state index is 0.642. The Morgan fingerprint density at radius 1 is 1.44 bits per heavy atom. The molecule has 0 atom stereocenters. The van der Waals surface area contributed by atoms with E-state index in [2.05, 4.69) is 13.8 Å². The number of ether oxygens (including phenoxy) is 1. The largest absolute Gasteiger partial charge is 0.378 e. The van der Waals surface area contributed by atoms with Gasteiger partial charge in [-0.15, -0.1) is 0 Å². The van der Waals surface area contributed by atoms with E-state index in [9.17, 15) is 0 Å². The van der Waals surface area contributed by atoms with Crippen LogP contribution in [0, 0.1) is 5.92 Å². The van der Waals surface area contributed by atoms with Crippen LogP contribution in [-0.2, 0) is 4.74 Å². The van der Waals surface area contributed by atoms with Gasteiger partial charge in [-0.1, -0.05) is 13.8 Å². The van der Waals surface area contributed by atoms with Gasteiger partial charge < -0.3 is 4.74 Å². The molecule has 54 valence electrons. The Bertz CT molecular complexity index is 72.6. The van der Waals surface area contributed by atoms with Crippen molar-refractivity contribution in [3.63, 3.8) is 0 Å². The number of rotatable bonds is 4. The predicted molar refractivity (Wildman–Crippen MR) is 38.4 cm³/mol. The van der Waals surface area contributed by atoms with Crippen molar-refractivity contribution in [2.24, 2.45) is 5.92 Å². The summed E-state index contributed by atoms with van der Waals surface area (Å²) in [5, 5.41) is 0. The minimum absolute atomic E-state index is 0.642. The summed E-state index contributed by atoms with van der Waals surface area (Å²) >= 11 is 0. The van der Waals surface area contributed by atoms with Crippen LogP contribution in [0.2, 0.25) is 0 Å². The third kappa shape index (κ3) is 3.52. The molecule has 1 aliphatic carbocycles. The van der Waals surface area contributed by atoms with E-state index in [1.165, 1.54) is 19.3 Å². The molecule has 0 saturated heterocycles. The van der Waals surface area contributed by atoms with E-state index < -0.39 is 0 Å². The maximum atomic E-state index is 5.46. The van der Waals surface area contributed by atoms with Gasteiger partial charge >= 0.3 is 0 Å². The van der Waals surface area contributed by atoms with Gasteiger partial charge in [-0.2, -0.15) is 0 Å². The molecule has 0 aromatic carbocycles. The summed E-state index contributed by atoms with van der Waals surface area (Å²) in [6, 6.07) is 0. The third-order valence-electron chi connectivity index (χ3n) is 1.57. The van der Waals surface area contributed by atoms with Crippen LogP contribution in [-0.4, -0.2) is 12.7 Å². The maximum absolute atomic E-state index is 5.46. The second kappa shape index (κ2) is 3.21. The molecule has 0 N–H and O–H groups in total. The van der Waals surface area contributed by atoms with Crippen LogP contribution in [0.3, 0.4) is 0 Å². The molecule has 1 rings (SSSR count). The first-order chi connectivity index (χ1) is 4.29. The Morgan fingerprint density at radius 3 is 2.56 bits per heavy atom. The zero-order valence-corrected chi connectivity index (χ0v) is 6.39. The molecule has 0 amide bonds. The van der Waals surface area contributed by atoms with Crippen molar-refractivity contribution in [2.45, 2.75) is 39.2 Å². The second-order valence-corrected chi connectivity index (χ2v) is 3.25. The van der Waals surface area contributed by atoms with E-state index in [0.29, 0.717) is 6.10 Å². The molecule has 1 saturated carbocycles. The Morgan fingerprint density at radius 2 is 2.11 bits per heavy atom. The fraction of sp³-hybridized carbons (Fsp3) is 1.00. The summed E-state index contributed by atoms with van der Waals surface area (Å²) < 4.78 is 5.46. The van der Waals surface area contributed by atoms with E-state index in [1.807, 2.05) is 0 Å². The Hall–Kier alpha value is -0.0400. The van der Waals surface area contributed by atoms with Crippen molar-refractivity contribution in [3.05, 3.63) is 0 Å². The molecule has 0 radical (unpaired) electrons. The van der Waals surface area contributed by atoms with Gasteiger partial charge in [-0.25, -0.2) is 0 Å². The normalized spacial score (nSPS) is 19.0. The molecular weight excluding hydrogens is 112 g/mol. The Balaban J connectivity index is 1.81. The fourth-order valence-corrected chi connectivity index (χ4v) is 0.705. The van der Waals surface area contributed by atoms with E-state index in [1.54, 1.807) is 0 Å². The van der Waals surface area contributed by atoms with Crippen LogP contribution in [0.4, 0.5) is 0 Å². The lowest BCUT2D eigenvalue weighted by molar-refractivity contribution is 0.109. The third-order valence-corrected chi connectivity index (χ3v) is 1.57. The van der Waals surface area contributed by atoms with Gasteiger partial charge in [0.2, 0.25) is 0 Å². The van der Waals surface area contributed by atoms with Crippen LogP contribution in [0.5, 0.6) is 0 Å². The average molecular weight is 128 g/mol. The van der Waals surface area contributed by atoms with Gasteiger partial charge in [-0.05, 0) is 25.2 Å². The molecule has 1 aliphatic rings. The molecule has 0 spiro atoms. The summed E-state index contributed by atoms with van der Waals surface area (Å²) in [7, 11) is 0. The smallest absolute Gasteiger partial charge is 0.0577 e. The van der Waals surface area contributed by atoms with Crippen LogP contribution in [0.25, 0.3) is 0 Å². The van der Waals surface area contributed by atoms with Gasteiger partial charge in [-0.3, -0.25) is 0 Å². The number of hydrogen-bond acceptors (Lipinski definition) is 1. The highest BCUT2D eigenvalue weighted by Crippen LogP contribution is 2.23. The number of hydrogen-bond donors (Lipinski definition) is 0. The molecular formula is C8H16O. The van der Waals surface area contributed by atoms with Crippen molar-refractivity contribution in [1.29, 1.82) is 0 Å². The molecule has 9 heavy (non-hydrogen) atoms. The molecule has 0 aliphatic heterocycles. The first-order valence-corrected chi connectivity index (χ1v) is 3.90. The van der Waals surface area contributed by atoms with Crippen molar-refractivity contribution in [2.75, 3.05) is 6.61 Å². The van der Waals surface area contributed by atoms with E-state index in [0.717, 1.165) is 12.5 Å². The minimum Gasteiger partial charge on any atom is -0.378 e. The SMILES string of the molecule is CC(C)CCOC1CC1. The molecule has 1 heteroatoms. The average Bonchev–Trinajstić information content (AvgIpc) is 2.48. The first-order valence-electron chi connectivity index (χ1n) is 3.90. The first kappa shape index (κ1) is 7.07. The van der Waals surface area contributed by atoms with Gasteiger partial charge in [0.1, 0.15) is 0 Å². The van der Waals surface area contributed by atoms with E-state index in [-0.39, 0.29) is 0 Å². The fourth-order valence-electron chi connectivity index (χ4n) is 0.705. The van der Waals surface area contributed by atoms with Crippen molar-refractivity contribution >= 4 is 0 Å². The second-order valence-electron chi connectivity index (χ2n) is 3.25. The predicted octanol–water partition coefficient (Wildman–Crippen LogP) is 2.21. The van der Waals surface area contributed by atoms with E-state index in [4.69, 9.17) is 4.74 Å². The summed E-state index contributed by atoms with van der Waals surface area (Å²) in [4.78, 5) is 0.